The van der Waals surface area contributed by atoms with Crippen LogP contribution in [-0.2, 0) is 11.3 Å². The number of rotatable bonds is 6. The van der Waals surface area contributed by atoms with E-state index in [1.54, 1.807) is 22.0 Å². The number of hydrogen-bond acceptors (Lipinski definition) is 4. The standard InChI is InChI=1S/C14H15N3O3S/c1-10-2-3-11(21-10)4-5-13(18)15-6-7-17-8-12(14(19)20)16-9-17/h2-5,8-9H,6-7H2,1H3,(H,15,18)(H,19,20)/b5-4+. The minimum atomic E-state index is -1.06. The Kier molecular flexibility index (Phi) is 4.89. The topological polar surface area (TPSA) is 84.2 Å². The minimum Gasteiger partial charge on any atom is -0.476 e. The largest absolute Gasteiger partial charge is 0.476 e. The van der Waals surface area contributed by atoms with Crippen LogP contribution >= 0.6 is 11.3 Å². The average molecular weight is 305 g/mol. The van der Waals surface area contributed by atoms with Crippen LogP contribution in [0.2, 0.25) is 0 Å². The maximum absolute atomic E-state index is 11.6. The summed E-state index contributed by atoms with van der Waals surface area (Å²) in [5.74, 6) is -1.24. The molecule has 0 spiro atoms. The van der Waals surface area contributed by atoms with Crippen LogP contribution in [0.1, 0.15) is 20.2 Å². The van der Waals surface area contributed by atoms with Crippen molar-refractivity contribution in [3.05, 3.63) is 46.2 Å². The predicted molar refractivity (Wildman–Crippen MR) is 80.3 cm³/mol. The molecule has 1 amide bonds. The smallest absolute Gasteiger partial charge is 0.356 e. The van der Waals surface area contributed by atoms with Gasteiger partial charge in [0.15, 0.2) is 5.69 Å². The number of amides is 1. The summed E-state index contributed by atoms with van der Waals surface area (Å²) in [5.41, 5.74) is -0.00529. The number of carbonyl (C=O) groups is 2. The van der Waals surface area contributed by atoms with E-state index >= 15 is 0 Å². The molecule has 0 saturated carbocycles. The highest BCUT2D eigenvalue weighted by atomic mass is 32.1. The number of thiophene rings is 1. The quantitative estimate of drug-likeness (QED) is 0.797. The third-order valence-electron chi connectivity index (χ3n) is 2.68. The van der Waals surface area contributed by atoms with Crippen molar-refractivity contribution in [2.45, 2.75) is 13.5 Å². The van der Waals surface area contributed by atoms with E-state index < -0.39 is 5.97 Å². The first-order valence-electron chi connectivity index (χ1n) is 6.32. The van der Waals surface area contributed by atoms with E-state index in [0.717, 1.165) is 4.88 Å². The van der Waals surface area contributed by atoms with E-state index in [1.807, 2.05) is 19.1 Å². The number of nitrogens with one attached hydrogen (secondary N) is 1. The summed E-state index contributed by atoms with van der Waals surface area (Å²) in [7, 11) is 0. The molecule has 7 heteroatoms. The molecule has 0 aliphatic heterocycles. The van der Waals surface area contributed by atoms with Crippen LogP contribution < -0.4 is 5.32 Å². The van der Waals surface area contributed by atoms with Crippen LogP contribution in [0.4, 0.5) is 0 Å². The molecule has 0 fully saturated rings. The van der Waals surface area contributed by atoms with Gasteiger partial charge in [0.1, 0.15) is 0 Å². The number of carbonyl (C=O) groups excluding carboxylic acids is 1. The first kappa shape index (κ1) is 15.0. The molecule has 0 aliphatic carbocycles. The van der Waals surface area contributed by atoms with Crippen molar-refractivity contribution >= 4 is 29.3 Å². The molecule has 2 heterocycles. The molecule has 0 aromatic carbocycles. The maximum atomic E-state index is 11.6. The predicted octanol–water partition coefficient (Wildman–Crippen LogP) is 1.78. The Labute approximate surface area is 125 Å². The van der Waals surface area contributed by atoms with E-state index in [2.05, 4.69) is 10.3 Å². The molecule has 0 atom stereocenters. The summed E-state index contributed by atoms with van der Waals surface area (Å²) < 4.78 is 1.62. The van der Waals surface area contributed by atoms with Gasteiger partial charge in [0.2, 0.25) is 5.91 Å². The zero-order chi connectivity index (χ0) is 15.2. The Morgan fingerprint density at radius 3 is 2.90 bits per heavy atom. The number of imidazole rings is 1. The molecule has 2 N–H and O–H groups in total. The zero-order valence-corrected chi connectivity index (χ0v) is 12.3. The summed E-state index contributed by atoms with van der Waals surface area (Å²) in [6.45, 7) is 2.89. The van der Waals surface area contributed by atoms with Crippen LogP contribution in [0.25, 0.3) is 6.08 Å². The van der Waals surface area contributed by atoms with Crippen LogP contribution in [0.5, 0.6) is 0 Å². The highest BCUT2D eigenvalue weighted by molar-refractivity contribution is 7.12. The molecule has 0 bridgehead atoms. The zero-order valence-electron chi connectivity index (χ0n) is 11.4. The van der Waals surface area contributed by atoms with Crippen LogP contribution in [0, 0.1) is 6.92 Å². The number of aryl methyl sites for hydroxylation is 1. The van der Waals surface area contributed by atoms with Crippen molar-refractivity contribution in [2.24, 2.45) is 0 Å². The lowest BCUT2D eigenvalue weighted by Gasteiger charge is -2.02. The molecule has 0 aliphatic rings. The normalized spacial score (nSPS) is 10.9. The van der Waals surface area contributed by atoms with Gasteiger partial charge in [-0.3, -0.25) is 4.79 Å². The minimum absolute atomic E-state index is 0.00529. The fourth-order valence-corrected chi connectivity index (χ4v) is 2.44. The van der Waals surface area contributed by atoms with Crippen molar-refractivity contribution in [1.82, 2.24) is 14.9 Å². The van der Waals surface area contributed by atoms with Gasteiger partial charge in [-0.25, -0.2) is 9.78 Å². The monoisotopic (exact) mass is 305 g/mol. The number of aromatic carboxylic acids is 1. The van der Waals surface area contributed by atoms with Gasteiger partial charge in [0.05, 0.1) is 6.33 Å². The first-order chi connectivity index (χ1) is 10.0. The van der Waals surface area contributed by atoms with Crippen LogP contribution in [0.15, 0.2) is 30.7 Å². The number of carboxylic acids is 1. The molecule has 2 aromatic heterocycles. The molecular weight excluding hydrogens is 290 g/mol. The molecule has 21 heavy (non-hydrogen) atoms. The summed E-state index contributed by atoms with van der Waals surface area (Å²) in [4.78, 5) is 28.2. The number of hydrogen-bond donors (Lipinski definition) is 2. The number of aromatic nitrogens is 2. The van der Waals surface area contributed by atoms with E-state index in [4.69, 9.17) is 5.11 Å². The van der Waals surface area contributed by atoms with Crippen LogP contribution in [-0.4, -0.2) is 33.1 Å². The maximum Gasteiger partial charge on any atom is 0.356 e. The van der Waals surface area contributed by atoms with Crippen molar-refractivity contribution in [1.29, 1.82) is 0 Å². The first-order valence-corrected chi connectivity index (χ1v) is 7.13. The third-order valence-corrected chi connectivity index (χ3v) is 3.65. The lowest BCUT2D eigenvalue weighted by molar-refractivity contribution is -0.116. The van der Waals surface area contributed by atoms with Gasteiger partial charge in [0.25, 0.3) is 0 Å². The number of carboxylic acid groups (broad SMARTS) is 1. The van der Waals surface area contributed by atoms with E-state index in [0.29, 0.717) is 13.1 Å². The fraction of sp³-hybridized carbons (Fsp3) is 0.214. The molecule has 2 rings (SSSR count). The average Bonchev–Trinajstić information content (AvgIpc) is 3.05. The fourth-order valence-electron chi connectivity index (χ4n) is 1.66. The van der Waals surface area contributed by atoms with Gasteiger partial charge >= 0.3 is 5.97 Å². The third kappa shape index (κ3) is 4.57. The number of nitrogens with zero attached hydrogens (tertiary/aromatic N) is 2. The Morgan fingerprint density at radius 1 is 1.48 bits per heavy atom. The van der Waals surface area contributed by atoms with E-state index in [-0.39, 0.29) is 11.6 Å². The van der Waals surface area contributed by atoms with Gasteiger partial charge < -0.3 is 15.0 Å². The van der Waals surface area contributed by atoms with E-state index in [9.17, 15) is 9.59 Å². The van der Waals surface area contributed by atoms with Gasteiger partial charge in [-0.1, -0.05) is 0 Å². The Balaban J connectivity index is 1.76. The highest BCUT2D eigenvalue weighted by Crippen LogP contribution is 2.16. The molecule has 110 valence electrons. The summed E-state index contributed by atoms with van der Waals surface area (Å²) in [5, 5.41) is 11.5. The lowest BCUT2D eigenvalue weighted by Crippen LogP contribution is -2.25. The van der Waals surface area contributed by atoms with E-state index in [1.165, 1.54) is 23.5 Å². The molecule has 0 unspecified atom stereocenters. The molecule has 6 nitrogen and oxygen atoms in total. The summed E-state index contributed by atoms with van der Waals surface area (Å²) in [6, 6.07) is 3.96. The van der Waals surface area contributed by atoms with Crippen molar-refractivity contribution < 1.29 is 14.7 Å². The van der Waals surface area contributed by atoms with Crippen molar-refractivity contribution in [2.75, 3.05) is 6.54 Å². The lowest BCUT2D eigenvalue weighted by atomic mass is 10.4. The van der Waals surface area contributed by atoms with Crippen LogP contribution in [0.3, 0.4) is 0 Å². The van der Waals surface area contributed by atoms with Crippen molar-refractivity contribution in [3.63, 3.8) is 0 Å². The second kappa shape index (κ2) is 6.85. The van der Waals surface area contributed by atoms with Gasteiger partial charge in [0, 0.05) is 35.1 Å². The van der Waals surface area contributed by atoms with Crippen molar-refractivity contribution in [3.8, 4) is 0 Å². The van der Waals surface area contributed by atoms with Gasteiger partial charge in [-0.15, -0.1) is 11.3 Å². The van der Waals surface area contributed by atoms with Gasteiger partial charge in [-0.05, 0) is 25.1 Å². The highest BCUT2D eigenvalue weighted by Gasteiger charge is 2.06. The second-order valence-electron chi connectivity index (χ2n) is 4.37. The molecule has 0 saturated heterocycles. The molecule has 0 radical (unpaired) electrons. The second-order valence-corrected chi connectivity index (χ2v) is 5.69. The Bertz CT molecular complexity index is 673. The summed E-state index contributed by atoms with van der Waals surface area (Å²) in [6.07, 6.45) is 6.12. The summed E-state index contributed by atoms with van der Waals surface area (Å²) >= 11 is 1.62. The SMILES string of the molecule is Cc1ccc(/C=C/C(=O)NCCn2cnc(C(=O)O)c2)s1. The molecular formula is C14H15N3O3S. The Hall–Kier alpha value is -2.41. The Morgan fingerprint density at radius 2 is 2.29 bits per heavy atom. The van der Waals surface area contributed by atoms with Gasteiger partial charge in [-0.2, -0.15) is 0 Å². The molecule has 2 aromatic rings.